The van der Waals surface area contributed by atoms with Gasteiger partial charge in [0, 0.05) is 28.8 Å². The van der Waals surface area contributed by atoms with Gasteiger partial charge in [-0.2, -0.15) is 0 Å². The van der Waals surface area contributed by atoms with Gasteiger partial charge in [-0.3, -0.25) is 4.79 Å². The summed E-state index contributed by atoms with van der Waals surface area (Å²) in [5.74, 6) is 0.0140. The second-order valence-electron chi connectivity index (χ2n) is 4.68. The van der Waals surface area contributed by atoms with Crippen molar-refractivity contribution in [2.45, 2.75) is 26.3 Å². The monoisotopic (exact) mass is 325 g/mol. The number of nitrogens with one attached hydrogen (secondary N) is 2. The summed E-state index contributed by atoms with van der Waals surface area (Å²) >= 11 is 3.63. The van der Waals surface area contributed by atoms with Crippen LogP contribution >= 0.6 is 15.9 Å². The van der Waals surface area contributed by atoms with Crippen molar-refractivity contribution in [3.05, 3.63) is 22.2 Å². The van der Waals surface area contributed by atoms with Crippen LogP contribution in [0.5, 0.6) is 0 Å². The van der Waals surface area contributed by atoms with Crippen molar-refractivity contribution < 1.29 is 4.79 Å². The van der Waals surface area contributed by atoms with Crippen LogP contribution in [0.25, 0.3) is 0 Å². The Labute approximate surface area is 122 Å². The van der Waals surface area contributed by atoms with Crippen LogP contribution in [0.1, 0.15) is 31.9 Å². The Morgan fingerprint density at radius 2 is 2.16 bits per heavy atom. The van der Waals surface area contributed by atoms with Crippen molar-refractivity contribution in [2.24, 2.45) is 0 Å². The minimum absolute atomic E-state index is 0.0140. The summed E-state index contributed by atoms with van der Waals surface area (Å²) in [6.45, 7) is 6.28. The Bertz CT molecular complexity index is 490. The second kappa shape index (κ2) is 5.92. The molecule has 0 bridgehead atoms. The van der Waals surface area contributed by atoms with Crippen LogP contribution in [-0.2, 0) is 4.79 Å². The van der Waals surface area contributed by atoms with E-state index in [0.717, 1.165) is 40.9 Å². The van der Waals surface area contributed by atoms with Crippen LogP contribution in [0.15, 0.2) is 16.6 Å². The summed E-state index contributed by atoms with van der Waals surface area (Å²) in [6.07, 6.45) is 1.10. The van der Waals surface area contributed by atoms with Gasteiger partial charge in [0.05, 0.1) is 5.69 Å². The minimum Gasteiger partial charge on any atom is -0.371 e. The van der Waals surface area contributed by atoms with Gasteiger partial charge in [-0.15, -0.1) is 0 Å². The van der Waals surface area contributed by atoms with E-state index in [1.807, 2.05) is 6.07 Å². The lowest BCUT2D eigenvalue weighted by Crippen LogP contribution is -2.24. The van der Waals surface area contributed by atoms with E-state index in [9.17, 15) is 4.79 Å². The smallest absolute Gasteiger partial charge is 0.246 e. The summed E-state index contributed by atoms with van der Waals surface area (Å²) in [6, 6.07) is 3.86. The zero-order chi connectivity index (χ0) is 14.0. The summed E-state index contributed by atoms with van der Waals surface area (Å²) in [5, 5.41) is 5.98. The maximum atomic E-state index is 11.8. The Morgan fingerprint density at radius 1 is 1.42 bits per heavy atom. The molecular formula is C14H20BrN3O. The lowest BCUT2D eigenvalue weighted by molar-refractivity contribution is -0.117. The number of likely N-dealkylation sites (N-methyl/N-ethyl adjacent to an activating group) is 1. The lowest BCUT2D eigenvalue weighted by Gasteiger charge is -2.24. The third-order valence-corrected chi connectivity index (χ3v) is 4.09. The fourth-order valence-electron chi connectivity index (χ4n) is 2.52. The number of carbonyl (C=O) groups is 1. The molecule has 2 rings (SSSR count). The molecule has 0 saturated carbocycles. The Morgan fingerprint density at radius 3 is 2.74 bits per heavy atom. The number of benzene rings is 1. The van der Waals surface area contributed by atoms with E-state index >= 15 is 0 Å². The predicted molar refractivity (Wildman–Crippen MR) is 82.8 cm³/mol. The summed E-state index contributed by atoms with van der Waals surface area (Å²) in [7, 11) is 1.80. The number of hydrogen-bond donors (Lipinski definition) is 2. The highest BCUT2D eigenvalue weighted by atomic mass is 79.9. The molecule has 104 valence electrons. The minimum atomic E-state index is -0.249. The van der Waals surface area contributed by atoms with E-state index in [4.69, 9.17) is 0 Å². The largest absolute Gasteiger partial charge is 0.371 e. The third-order valence-electron chi connectivity index (χ3n) is 3.45. The van der Waals surface area contributed by atoms with E-state index in [2.05, 4.69) is 51.4 Å². The fraction of sp³-hybridized carbons (Fsp3) is 0.500. The van der Waals surface area contributed by atoms with E-state index in [0.29, 0.717) is 0 Å². The van der Waals surface area contributed by atoms with Crippen LogP contribution in [0.3, 0.4) is 0 Å². The van der Waals surface area contributed by atoms with E-state index in [-0.39, 0.29) is 11.9 Å². The molecule has 0 saturated heterocycles. The maximum absolute atomic E-state index is 11.8. The molecule has 1 atom stereocenters. The van der Waals surface area contributed by atoms with E-state index in [1.54, 1.807) is 7.05 Å². The Kier molecular flexibility index (Phi) is 4.47. The second-order valence-corrected chi connectivity index (χ2v) is 5.54. The molecule has 19 heavy (non-hydrogen) atoms. The van der Waals surface area contributed by atoms with Crippen molar-refractivity contribution in [3.8, 4) is 0 Å². The average molecular weight is 326 g/mol. The molecule has 0 aromatic heterocycles. The van der Waals surface area contributed by atoms with Crippen molar-refractivity contribution in [1.82, 2.24) is 5.32 Å². The SMILES string of the molecule is CCCN(CC)c1cc2c(cc1Br)C(NC)C(=O)N2. The zero-order valence-electron chi connectivity index (χ0n) is 11.6. The highest BCUT2D eigenvalue weighted by Crippen LogP contribution is 2.38. The number of anilines is 2. The van der Waals surface area contributed by atoms with E-state index in [1.165, 1.54) is 0 Å². The van der Waals surface area contributed by atoms with Crippen LogP contribution < -0.4 is 15.5 Å². The van der Waals surface area contributed by atoms with Gasteiger partial charge >= 0.3 is 0 Å². The predicted octanol–water partition coefficient (Wildman–Crippen LogP) is 2.90. The maximum Gasteiger partial charge on any atom is 0.246 e. The summed E-state index contributed by atoms with van der Waals surface area (Å²) in [4.78, 5) is 14.2. The molecule has 2 N–H and O–H groups in total. The molecule has 1 aromatic rings. The van der Waals surface area contributed by atoms with Gasteiger partial charge in [0.15, 0.2) is 0 Å². The quantitative estimate of drug-likeness (QED) is 0.874. The molecule has 0 aliphatic carbocycles. The summed E-state index contributed by atoms with van der Waals surface area (Å²) < 4.78 is 1.04. The summed E-state index contributed by atoms with van der Waals surface area (Å²) in [5.41, 5.74) is 3.06. The van der Waals surface area contributed by atoms with Crippen molar-refractivity contribution >= 4 is 33.2 Å². The highest BCUT2D eigenvalue weighted by Gasteiger charge is 2.30. The standard InChI is InChI=1S/C14H20BrN3O/c1-4-6-18(5-2)12-8-11-9(7-10(12)15)13(16-3)14(19)17-11/h7-8,13,16H,4-6H2,1-3H3,(H,17,19). The van der Waals surface area contributed by atoms with Crippen molar-refractivity contribution in [3.63, 3.8) is 0 Å². The number of hydrogen-bond acceptors (Lipinski definition) is 3. The number of fused-ring (bicyclic) bond motifs is 1. The third kappa shape index (κ3) is 2.62. The van der Waals surface area contributed by atoms with Gasteiger partial charge in [-0.25, -0.2) is 0 Å². The number of halogens is 1. The average Bonchev–Trinajstić information content (AvgIpc) is 2.70. The van der Waals surface area contributed by atoms with Crippen molar-refractivity contribution in [1.29, 1.82) is 0 Å². The molecule has 4 nitrogen and oxygen atoms in total. The molecule has 1 amide bonds. The molecular weight excluding hydrogens is 306 g/mol. The van der Waals surface area contributed by atoms with Crippen molar-refractivity contribution in [2.75, 3.05) is 30.4 Å². The molecule has 1 aromatic carbocycles. The van der Waals surface area contributed by atoms with Gasteiger partial charge in [-0.1, -0.05) is 6.92 Å². The number of nitrogens with zero attached hydrogens (tertiary/aromatic N) is 1. The first-order chi connectivity index (χ1) is 9.12. The molecule has 1 heterocycles. The molecule has 1 unspecified atom stereocenters. The Balaban J connectivity index is 2.40. The number of rotatable bonds is 5. The first kappa shape index (κ1) is 14.3. The molecule has 1 aliphatic rings. The topological polar surface area (TPSA) is 44.4 Å². The lowest BCUT2D eigenvalue weighted by atomic mass is 10.1. The van der Waals surface area contributed by atoms with Gasteiger partial charge in [0.2, 0.25) is 5.91 Å². The number of amides is 1. The first-order valence-electron chi connectivity index (χ1n) is 6.68. The van der Waals surface area contributed by atoms with Crippen LogP contribution in [0.4, 0.5) is 11.4 Å². The molecule has 5 heteroatoms. The highest BCUT2D eigenvalue weighted by molar-refractivity contribution is 9.10. The van der Waals surface area contributed by atoms with E-state index < -0.39 is 0 Å². The van der Waals surface area contributed by atoms with Crippen LogP contribution in [0, 0.1) is 0 Å². The number of carbonyl (C=O) groups excluding carboxylic acids is 1. The zero-order valence-corrected chi connectivity index (χ0v) is 13.2. The fourth-order valence-corrected chi connectivity index (χ4v) is 3.13. The Hall–Kier alpha value is -1.07. The van der Waals surface area contributed by atoms with Gasteiger partial charge in [0.1, 0.15) is 6.04 Å². The van der Waals surface area contributed by atoms with Gasteiger partial charge < -0.3 is 15.5 Å². The van der Waals surface area contributed by atoms with Crippen LogP contribution in [-0.4, -0.2) is 26.0 Å². The van der Waals surface area contributed by atoms with Gasteiger partial charge in [0.25, 0.3) is 0 Å². The molecule has 0 spiro atoms. The van der Waals surface area contributed by atoms with Crippen LogP contribution in [0.2, 0.25) is 0 Å². The molecule has 0 radical (unpaired) electrons. The normalized spacial score (nSPS) is 17.3. The first-order valence-corrected chi connectivity index (χ1v) is 7.48. The molecule has 1 aliphatic heterocycles. The van der Waals surface area contributed by atoms with Gasteiger partial charge in [-0.05, 0) is 48.5 Å². The molecule has 0 fully saturated rings.